The van der Waals surface area contributed by atoms with Crippen molar-refractivity contribution in [2.45, 2.75) is 13.0 Å². The lowest BCUT2D eigenvalue weighted by atomic mass is 10.1. The summed E-state index contributed by atoms with van der Waals surface area (Å²) < 4.78 is 7.10. The molecule has 6 nitrogen and oxygen atoms in total. The Kier molecular flexibility index (Phi) is 4.40. The number of ether oxygens (including phenoxy) is 1. The third-order valence-corrected chi connectivity index (χ3v) is 3.96. The molecule has 0 aliphatic carbocycles. The SMILES string of the molecule is Cn1nc2c(cc1=O)CN(CCOc1cccc(C#N)c1)CC2. The van der Waals surface area contributed by atoms with Crippen LogP contribution in [-0.4, -0.2) is 34.4 Å². The minimum Gasteiger partial charge on any atom is -0.492 e. The van der Waals surface area contributed by atoms with E-state index in [1.165, 1.54) is 4.68 Å². The summed E-state index contributed by atoms with van der Waals surface area (Å²) in [5, 5.41) is 13.2. The molecule has 0 saturated heterocycles. The van der Waals surface area contributed by atoms with Crippen LogP contribution in [0.15, 0.2) is 35.1 Å². The molecule has 0 bridgehead atoms. The quantitative estimate of drug-likeness (QED) is 0.845. The molecule has 0 atom stereocenters. The van der Waals surface area contributed by atoms with Crippen molar-refractivity contribution in [2.75, 3.05) is 19.7 Å². The Balaban J connectivity index is 1.57. The Bertz CT molecular complexity index is 807. The molecule has 1 aliphatic rings. The minimum absolute atomic E-state index is 0.0739. The van der Waals surface area contributed by atoms with Gasteiger partial charge in [-0.2, -0.15) is 10.4 Å². The van der Waals surface area contributed by atoms with Gasteiger partial charge in [0.15, 0.2) is 0 Å². The van der Waals surface area contributed by atoms with Crippen molar-refractivity contribution in [2.24, 2.45) is 7.05 Å². The molecule has 0 fully saturated rings. The van der Waals surface area contributed by atoms with E-state index in [0.29, 0.717) is 17.9 Å². The van der Waals surface area contributed by atoms with Crippen LogP contribution in [0.4, 0.5) is 0 Å². The first kappa shape index (κ1) is 15.3. The van der Waals surface area contributed by atoms with Gasteiger partial charge in [0, 0.05) is 39.2 Å². The first-order valence-corrected chi connectivity index (χ1v) is 7.57. The predicted molar refractivity (Wildman–Crippen MR) is 85.1 cm³/mol. The van der Waals surface area contributed by atoms with Crippen molar-refractivity contribution in [3.8, 4) is 11.8 Å². The summed E-state index contributed by atoms with van der Waals surface area (Å²) in [6.45, 7) is 2.94. The summed E-state index contributed by atoms with van der Waals surface area (Å²) >= 11 is 0. The molecular weight excluding hydrogens is 292 g/mol. The highest BCUT2D eigenvalue weighted by molar-refractivity contribution is 5.36. The van der Waals surface area contributed by atoms with E-state index >= 15 is 0 Å². The van der Waals surface area contributed by atoms with Gasteiger partial charge in [0.2, 0.25) is 0 Å². The second-order valence-electron chi connectivity index (χ2n) is 5.59. The Labute approximate surface area is 134 Å². The van der Waals surface area contributed by atoms with Crippen LogP contribution in [0.25, 0.3) is 0 Å². The van der Waals surface area contributed by atoms with E-state index in [4.69, 9.17) is 10.00 Å². The van der Waals surface area contributed by atoms with E-state index in [1.807, 2.05) is 12.1 Å². The van der Waals surface area contributed by atoms with E-state index in [0.717, 1.165) is 37.3 Å². The first-order chi connectivity index (χ1) is 11.2. The number of fused-ring (bicyclic) bond motifs is 1. The number of hydrogen-bond donors (Lipinski definition) is 0. The van der Waals surface area contributed by atoms with Gasteiger partial charge in [-0.15, -0.1) is 0 Å². The summed E-state index contributed by atoms with van der Waals surface area (Å²) in [6.07, 6.45) is 0.841. The van der Waals surface area contributed by atoms with Crippen LogP contribution in [0.5, 0.6) is 5.75 Å². The Morgan fingerprint density at radius 1 is 1.39 bits per heavy atom. The zero-order valence-electron chi connectivity index (χ0n) is 13.0. The fourth-order valence-corrected chi connectivity index (χ4v) is 2.69. The van der Waals surface area contributed by atoms with E-state index in [1.54, 1.807) is 25.2 Å². The van der Waals surface area contributed by atoms with Crippen LogP contribution in [0.2, 0.25) is 0 Å². The molecule has 6 heteroatoms. The molecule has 2 aromatic rings. The van der Waals surface area contributed by atoms with Gasteiger partial charge in [-0.05, 0) is 23.8 Å². The van der Waals surface area contributed by atoms with Gasteiger partial charge < -0.3 is 4.74 Å². The molecule has 1 aliphatic heterocycles. The Morgan fingerprint density at radius 3 is 3.09 bits per heavy atom. The molecule has 23 heavy (non-hydrogen) atoms. The summed E-state index contributed by atoms with van der Waals surface area (Å²) in [5.41, 5.74) is 2.53. The molecule has 2 heterocycles. The second-order valence-corrected chi connectivity index (χ2v) is 5.59. The zero-order valence-corrected chi connectivity index (χ0v) is 13.0. The monoisotopic (exact) mass is 310 g/mol. The van der Waals surface area contributed by atoms with Gasteiger partial charge in [0.25, 0.3) is 5.56 Å². The lowest BCUT2D eigenvalue weighted by Gasteiger charge is -2.27. The summed E-state index contributed by atoms with van der Waals surface area (Å²) in [4.78, 5) is 13.9. The number of benzene rings is 1. The largest absolute Gasteiger partial charge is 0.492 e. The van der Waals surface area contributed by atoms with E-state index in [-0.39, 0.29) is 5.56 Å². The van der Waals surface area contributed by atoms with Gasteiger partial charge in [0.05, 0.1) is 17.3 Å². The third kappa shape index (κ3) is 3.58. The lowest BCUT2D eigenvalue weighted by Crippen LogP contribution is -2.36. The topological polar surface area (TPSA) is 71.2 Å². The van der Waals surface area contributed by atoms with E-state index < -0.39 is 0 Å². The maximum atomic E-state index is 11.7. The molecular formula is C17H18N4O2. The average molecular weight is 310 g/mol. The van der Waals surface area contributed by atoms with Crippen molar-refractivity contribution in [3.05, 3.63) is 57.5 Å². The van der Waals surface area contributed by atoms with E-state index in [9.17, 15) is 4.79 Å². The number of nitriles is 1. The number of nitrogens with zero attached hydrogens (tertiary/aromatic N) is 4. The normalized spacial score (nSPS) is 14.1. The molecule has 3 rings (SSSR count). The smallest absolute Gasteiger partial charge is 0.266 e. The standard InChI is InChI=1S/C17H18N4O2/c1-20-17(22)10-14-12-21(6-5-16(14)19-20)7-8-23-15-4-2-3-13(9-15)11-18/h2-4,9-10H,5-8,12H2,1H3. The van der Waals surface area contributed by atoms with Crippen LogP contribution >= 0.6 is 0 Å². The fraction of sp³-hybridized carbons (Fsp3) is 0.353. The molecule has 0 spiro atoms. The number of rotatable bonds is 4. The van der Waals surface area contributed by atoms with Crippen molar-refractivity contribution >= 4 is 0 Å². The molecule has 0 amide bonds. The first-order valence-electron chi connectivity index (χ1n) is 7.57. The second kappa shape index (κ2) is 6.63. The summed E-state index contributed by atoms with van der Waals surface area (Å²) in [5.74, 6) is 0.706. The molecule has 0 saturated carbocycles. The molecule has 1 aromatic carbocycles. The van der Waals surface area contributed by atoms with Crippen molar-refractivity contribution in [1.29, 1.82) is 5.26 Å². The summed E-state index contributed by atoms with van der Waals surface area (Å²) in [7, 11) is 1.68. The number of hydrogen-bond acceptors (Lipinski definition) is 5. The van der Waals surface area contributed by atoms with Crippen LogP contribution in [0.3, 0.4) is 0 Å². The highest BCUT2D eigenvalue weighted by Gasteiger charge is 2.18. The van der Waals surface area contributed by atoms with Crippen molar-refractivity contribution < 1.29 is 4.74 Å². The highest BCUT2D eigenvalue weighted by atomic mass is 16.5. The zero-order chi connectivity index (χ0) is 16.2. The molecule has 0 radical (unpaired) electrons. The van der Waals surface area contributed by atoms with Gasteiger partial charge in [-0.1, -0.05) is 6.07 Å². The number of aryl methyl sites for hydroxylation is 1. The minimum atomic E-state index is -0.0739. The highest BCUT2D eigenvalue weighted by Crippen LogP contribution is 2.16. The van der Waals surface area contributed by atoms with Crippen LogP contribution in [0, 0.1) is 11.3 Å². The van der Waals surface area contributed by atoms with Gasteiger partial charge in [-0.25, -0.2) is 4.68 Å². The number of aromatic nitrogens is 2. The lowest BCUT2D eigenvalue weighted by molar-refractivity contribution is 0.194. The average Bonchev–Trinajstić information content (AvgIpc) is 2.56. The van der Waals surface area contributed by atoms with Crippen molar-refractivity contribution in [3.63, 3.8) is 0 Å². The Morgan fingerprint density at radius 2 is 2.26 bits per heavy atom. The van der Waals surface area contributed by atoms with Crippen LogP contribution in [0.1, 0.15) is 16.8 Å². The molecule has 0 unspecified atom stereocenters. The predicted octanol–water partition coefficient (Wildman–Crippen LogP) is 1.09. The molecule has 118 valence electrons. The molecule has 0 N–H and O–H groups in total. The molecule has 1 aromatic heterocycles. The summed E-state index contributed by atoms with van der Waals surface area (Å²) in [6, 6.07) is 10.9. The van der Waals surface area contributed by atoms with Crippen LogP contribution < -0.4 is 10.3 Å². The van der Waals surface area contributed by atoms with Gasteiger partial charge in [-0.3, -0.25) is 9.69 Å². The fourth-order valence-electron chi connectivity index (χ4n) is 2.69. The Hall–Kier alpha value is -2.65. The van der Waals surface area contributed by atoms with Crippen molar-refractivity contribution in [1.82, 2.24) is 14.7 Å². The van der Waals surface area contributed by atoms with Gasteiger partial charge in [0.1, 0.15) is 12.4 Å². The van der Waals surface area contributed by atoms with Gasteiger partial charge >= 0.3 is 0 Å². The van der Waals surface area contributed by atoms with E-state index in [2.05, 4.69) is 16.1 Å². The van der Waals surface area contributed by atoms with Crippen LogP contribution in [-0.2, 0) is 20.0 Å². The maximum absolute atomic E-state index is 11.7. The third-order valence-electron chi connectivity index (χ3n) is 3.96. The maximum Gasteiger partial charge on any atom is 0.266 e.